The molecule has 0 spiro atoms. The molecule has 2 rings (SSSR count). The maximum atomic E-state index is 12.1. The summed E-state index contributed by atoms with van der Waals surface area (Å²) in [7, 11) is 0. The highest BCUT2D eigenvalue weighted by Crippen LogP contribution is 2.20. The number of hydrogen-bond acceptors (Lipinski definition) is 5. The fourth-order valence-electron chi connectivity index (χ4n) is 2.41. The van der Waals surface area contributed by atoms with Crippen LogP contribution in [0.4, 0.5) is 4.79 Å². The molecular weight excluding hydrogens is 339 g/mol. The minimum absolute atomic E-state index is 0.140. The third-order valence-corrected chi connectivity index (χ3v) is 4.08. The summed E-state index contributed by atoms with van der Waals surface area (Å²) in [6.45, 7) is 10.3. The van der Waals surface area contributed by atoms with Crippen molar-refractivity contribution in [3.63, 3.8) is 0 Å². The van der Waals surface area contributed by atoms with Crippen molar-refractivity contribution in [3.05, 3.63) is 22.2 Å². The van der Waals surface area contributed by atoms with E-state index in [9.17, 15) is 4.79 Å². The van der Waals surface area contributed by atoms with Crippen LogP contribution in [0, 0.1) is 0 Å². The fraction of sp³-hybridized carbons (Fsp3) is 0.667. The Balaban J connectivity index is 1.95. The maximum absolute atomic E-state index is 12.1. The molecule has 1 amide bonds. The van der Waals surface area contributed by atoms with Crippen LogP contribution in [0.25, 0.3) is 0 Å². The van der Waals surface area contributed by atoms with E-state index in [1.54, 1.807) is 11.1 Å². The molecule has 1 aromatic rings. The van der Waals surface area contributed by atoms with Gasteiger partial charge in [-0.1, -0.05) is 11.6 Å². The normalized spacial score (nSPS) is 19.7. The molecule has 0 radical (unpaired) electrons. The van der Waals surface area contributed by atoms with Gasteiger partial charge in [0.2, 0.25) is 5.28 Å². The second-order valence-electron chi connectivity index (χ2n) is 6.70. The van der Waals surface area contributed by atoms with Crippen molar-refractivity contribution in [1.82, 2.24) is 19.8 Å². The highest BCUT2D eigenvalue weighted by Gasteiger charge is 2.30. The Bertz CT molecular complexity index is 577. The number of piperazine rings is 1. The predicted octanol–water partition coefficient (Wildman–Crippen LogP) is 3.22. The molecule has 6 nitrogen and oxygen atoms in total. The van der Waals surface area contributed by atoms with Crippen molar-refractivity contribution < 1.29 is 9.53 Å². The Morgan fingerprint density at radius 1 is 1.39 bits per heavy atom. The average Bonchev–Trinajstić information content (AvgIpc) is 2.41. The van der Waals surface area contributed by atoms with Gasteiger partial charge < -0.3 is 9.64 Å². The number of carbonyl (C=O) groups excluding carboxylic acids is 1. The fourth-order valence-corrected chi connectivity index (χ4v) is 2.78. The Labute approximate surface area is 146 Å². The summed E-state index contributed by atoms with van der Waals surface area (Å²) in [5.41, 5.74) is 0.347. The first-order valence-electron chi connectivity index (χ1n) is 7.54. The smallest absolute Gasteiger partial charge is 0.410 e. The molecule has 1 aliphatic rings. The molecule has 1 saturated heterocycles. The second-order valence-corrected chi connectivity index (χ2v) is 7.40. The van der Waals surface area contributed by atoms with Crippen molar-refractivity contribution in [3.8, 4) is 0 Å². The molecule has 8 heteroatoms. The summed E-state index contributed by atoms with van der Waals surface area (Å²) >= 11 is 11.8. The molecule has 23 heavy (non-hydrogen) atoms. The van der Waals surface area contributed by atoms with Gasteiger partial charge in [0.15, 0.2) is 0 Å². The van der Waals surface area contributed by atoms with E-state index in [-0.39, 0.29) is 17.4 Å². The van der Waals surface area contributed by atoms with Gasteiger partial charge in [0.05, 0.1) is 0 Å². The van der Waals surface area contributed by atoms with E-state index in [1.165, 1.54) is 0 Å². The van der Waals surface area contributed by atoms with Crippen molar-refractivity contribution in [2.45, 2.75) is 45.9 Å². The molecule has 0 saturated carbocycles. The minimum Gasteiger partial charge on any atom is -0.444 e. The molecule has 1 aliphatic heterocycles. The van der Waals surface area contributed by atoms with E-state index in [0.717, 1.165) is 12.1 Å². The summed E-state index contributed by atoms with van der Waals surface area (Å²) in [5, 5.41) is 0.508. The van der Waals surface area contributed by atoms with Gasteiger partial charge >= 0.3 is 6.09 Å². The lowest BCUT2D eigenvalue weighted by atomic mass is 10.1. The van der Waals surface area contributed by atoms with Crippen LogP contribution in [0.1, 0.15) is 33.3 Å². The lowest BCUT2D eigenvalue weighted by Gasteiger charge is -2.40. The topological polar surface area (TPSA) is 58.6 Å². The number of carbonyl (C=O) groups is 1. The van der Waals surface area contributed by atoms with Crippen LogP contribution in [0.2, 0.25) is 10.4 Å². The zero-order valence-corrected chi connectivity index (χ0v) is 15.4. The van der Waals surface area contributed by atoms with Gasteiger partial charge in [-0.2, -0.15) is 0 Å². The summed E-state index contributed by atoms with van der Waals surface area (Å²) < 4.78 is 5.42. The number of aromatic nitrogens is 2. The molecule has 0 unspecified atom stereocenters. The third-order valence-electron chi connectivity index (χ3n) is 3.57. The first kappa shape index (κ1) is 18.2. The number of nitrogens with zero attached hydrogens (tertiary/aromatic N) is 4. The number of rotatable bonds is 2. The van der Waals surface area contributed by atoms with Gasteiger partial charge in [-0.05, 0) is 39.3 Å². The van der Waals surface area contributed by atoms with Crippen LogP contribution < -0.4 is 0 Å². The zero-order chi connectivity index (χ0) is 17.2. The summed E-state index contributed by atoms with van der Waals surface area (Å²) in [6.07, 6.45) is 1.38. The van der Waals surface area contributed by atoms with Gasteiger partial charge in [0.1, 0.15) is 10.8 Å². The van der Waals surface area contributed by atoms with Gasteiger partial charge in [-0.3, -0.25) is 4.90 Å². The molecule has 128 valence electrons. The van der Waals surface area contributed by atoms with Crippen molar-refractivity contribution in [2.24, 2.45) is 0 Å². The van der Waals surface area contributed by atoms with Gasteiger partial charge in [0, 0.05) is 44.0 Å². The lowest BCUT2D eigenvalue weighted by molar-refractivity contribution is 0.00458. The molecule has 1 atom stereocenters. The Morgan fingerprint density at radius 2 is 2.09 bits per heavy atom. The molecule has 1 fully saturated rings. The lowest BCUT2D eigenvalue weighted by Crippen LogP contribution is -2.54. The molecule has 2 heterocycles. The largest absolute Gasteiger partial charge is 0.444 e. The number of ether oxygens (including phenoxy) is 1. The van der Waals surface area contributed by atoms with Gasteiger partial charge in [-0.15, -0.1) is 0 Å². The number of amides is 1. The summed E-state index contributed by atoms with van der Waals surface area (Å²) in [6, 6.07) is 0.183. The third kappa shape index (κ3) is 5.19. The number of hydrogen-bond donors (Lipinski definition) is 0. The highest BCUT2D eigenvalue weighted by atomic mass is 35.5. The van der Waals surface area contributed by atoms with E-state index in [4.69, 9.17) is 27.9 Å². The minimum atomic E-state index is -0.481. The first-order chi connectivity index (χ1) is 10.7. The van der Waals surface area contributed by atoms with Crippen LogP contribution in [0.3, 0.4) is 0 Å². The quantitative estimate of drug-likeness (QED) is 0.598. The monoisotopic (exact) mass is 360 g/mol. The number of halogens is 2. The maximum Gasteiger partial charge on any atom is 0.410 e. The Kier molecular flexibility index (Phi) is 5.70. The average molecular weight is 361 g/mol. The Morgan fingerprint density at radius 3 is 2.65 bits per heavy atom. The first-order valence-corrected chi connectivity index (χ1v) is 8.30. The van der Waals surface area contributed by atoms with Crippen LogP contribution in [0.5, 0.6) is 0 Å². The zero-order valence-electron chi connectivity index (χ0n) is 13.8. The van der Waals surface area contributed by atoms with E-state index in [2.05, 4.69) is 21.8 Å². The van der Waals surface area contributed by atoms with Gasteiger partial charge in [-0.25, -0.2) is 14.8 Å². The summed E-state index contributed by atoms with van der Waals surface area (Å²) in [5.74, 6) is 0. The van der Waals surface area contributed by atoms with Crippen molar-refractivity contribution in [2.75, 3.05) is 19.6 Å². The van der Waals surface area contributed by atoms with Crippen molar-refractivity contribution in [1.29, 1.82) is 0 Å². The second kappa shape index (κ2) is 7.20. The molecule has 0 aliphatic carbocycles. The van der Waals surface area contributed by atoms with Crippen LogP contribution in [-0.2, 0) is 11.3 Å². The van der Waals surface area contributed by atoms with Gasteiger partial charge in [0.25, 0.3) is 0 Å². The molecule has 0 bridgehead atoms. The molecular formula is C15H22Cl2N4O2. The molecule has 1 aromatic heterocycles. The standard InChI is InChI=1S/C15H22Cl2N4O2/c1-10-8-21(14(22)23-15(2,3)4)6-5-20(10)9-11-7-18-13(17)19-12(11)16/h7,10H,5-6,8-9H2,1-4H3/t10-/m0/s1. The summed E-state index contributed by atoms with van der Waals surface area (Å²) in [4.78, 5) is 24.1. The molecule has 0 N–H and O–H groups in total. The van der Waals surface area contributed by atoms with E-state index < -0.39 is 5.60 Å². The van der Waals surface area contributed by atoms with Crippen molar-refractivity contribution >= 4 is 29.3 Å². The predicted molar refractivity (Wildman–Crippen MR) is 89.7 cm³/mol. The van der Waals surface area contributed by atoms with Crippen LogP contribution in [0.15, 0.2) is 6.20 Å². The van der Waals surface area contributed by atoms with E-state index in [0.29, 0.717) is 24.8 Å². The Hall–Kier alpha value is -1.11. The molecule has 0 aromatic carbocycles. The van der Waals surface area contributed by atoms with Crippen LogP contribution in [-0.4, -0.2) is 57.1 Å². The van der Waals surface area contributed by atoms with E-state index in [1.807, 2.05) is 20.8 Å². The SMILES string of the molecule is C[C@H]1CN(C(=O)OC(C)(C)C)CCN1Cc1cnc(Cl)nc1Cl. The van der Waals surface area contributed by atoms with Crippen LogP contribution >= 0.6 is 23.2 Å². The van der Waals surface area contributed by atoms with E-state index >= 15 is 0 Å². The highest BCUT2D eigenvalue weighted by molar-refractivity contribution is 6.32.